The van der Waals surface area contributed by atoms with Gasteiger partial charge in [-0.05, 0) is 48.9 Å². The maximum atomic E-state index is 12.2. The van der Waals surface area contributed by atoms with E-state index in [1.165, 1.54) is 0 Å². The standard InChI is InChI=1S/C14H11Br2NOS/c1-8-6-10(3-5-12(8)16)17-14(18)11-4-2-9(15)7-13(11)19/h2-7,19H,1H3,(H,17,18). The molecule has 0 aromatic heterocycles. The Kier molecular flexibility index (Phi) is 4.71. The van der Waals surface area contributed by atoms with Crippen molar-refractivity contribution >= 4 is 56.1 Å². The largest absolute Gasteiger partial charge is 0.322 e. The van der Waals surface area contributed by atoms with Crippen LogP contribution in [0.5, 0.6) is 0 Å². The second-order valence-electron chi connectivity index (χ2n) is 4.08. The molecular weight excluding hydrogens is 390 g/mol. The van der Waals surface area contributed by atoms with Gasteiger partial charge in [0.15, 0.2) is 0 Å². The average Bonchev–Trinajstić information content (AvgIpc) is 2.33. The van der Waals surface area contributed by atoms with Gasteiger partial charge in [-0.1, -0.05) is 31.9 Å². The summed E-state index contributed by atoms with van der Waals surface area (Å²) in [5.74, 6) is -0.167. The van der Waals surface area contributed by atoms with Crippen molar-refractivity contribution in [2.75, 3.05) is 5.32 Å². The number of carbonyl (C=O) groups excluding carboxylic acids is 1. The summed E-state index contributed by atoms with van der Waals surface area (Å²) >= 11 is 11.1. The summed E-state index contributed by atoms with van der Waals surface area (Å²) in [6.07, 6.45) is 0. The summed E-state index contributed by atoms with van der Waals surface area (Å²) < 4.78 is 1.91. The summed E-state index contributed by atoms with van der Waals surface area (Å²) in [7, 11) is 0. The number of nitrogens with one attached hydrogen (secondary N) is 1. The van der Waals surface area contributed by atoms with Crippen LogP contribution in [0.1, 0.15) is 15.9 Å². The van der Waals surface area contributed by atoms with E-state index in [9.17, 15) is 4.79 Å². The van der Waals surface area contributed by atoms with E-state index >= 15 is 0 Å². The Labute approximate surface area is 134 Å². The van der Waals surface area contributed by atoms with Gasteiger partial charge in [-0.2, -0.15) is 0 Å². The lowest BCUT2D eigenvalue weighted by molar-refractivity contribution is 0.102. The van der Waals surface area contributed by atoms with Crippen LogP contribution in [0.15, 0.2) is 50.2 Å². The first kappa shape index (κ1) is 14.6. The number of carbonyl (C=O) groups is 1. The maximum absolute atomic E-state index is 12.2. The first-order chi connectivity index (χ1) is 8.97. The third-order valence-electron chi connectivity index (χ3n) is 2.62. The van der Waals surface area contributed by atoms with Crippen molar-refractivity contribution in [3.8, 4) is 0 Å². The molecule has 19 heavy (non-hydrogen) atoms. The average molecular weight is 401 g/mol. The summed E-state index contributed by atoms with van der Waals surface area (Å²) in [5, 5.41) is 2.86. The number of halogens is 2. The fourth-order valence-corrected chi connectivity index (χ4v) is 2.72. The highest BCUT2D eigenvalue weighted by Gasteiger charge is 2.10. The molecule has 0 atom stereocenters. The molecule has 0 bridgehead atoms. The highest BCUT2D eigenvalue weighted by atomic mass is 79.9. The molecule has 1 amide bonds. The number of amides is 1. The summed E-state index contributed by atoms with van der Waals surface area (Å²) in [6, 6.07) is 11.0. The Morgan fingerprint density at radius 1 is 1.16 bits per heavy atom. The Bertz CT molecular complexity index is 643. The molecule has 0 aliphatic rings. The highest BCUT2D eigenvalue weighted by molar-refractivity contribution is 9.10. The number of hydrogen-bond acceptors (Lipinski definition) is 2. The number of benzene rings is 2. The zero-order valence-electron chi connectivity index (χ0n) is 10.1. The van der Waals surface area contributed by atoms with Crippen LogP contribution in [0.25, 0.3) is 0 Å². The van der Waals surface area contributed by atoms with Crippen molar-refractivity contribution in [2.45, 2.75) is 11.8 Å². The molecule has 0 aliphatic carbocycles. The van der Waals surface area contributed by atoms with Gasteiger partial charge in [-0.15, -0.1) is 12.6 Å². The van der Waals surface area contributed by atoms with Gasteiger partial charge in [-0.3, -0.25) is 4.79 Å². The van der Waals surface area contributed by atoms with Crippen molar-refractivity contribution in [2.24, 2.45) is 0 Å². The van der Waals surface area contributed by atoms with Gasteiger partial charge in [0.2, 0.25) is 0 Å². The molecule has 2 nitrogen and oxygen atoms in total. The van der Waals surface area contributed by atoms with Crippen LogP contribution >= 0.6 is 44.5 Å². The minimum absolute atomic E-state index is 0.167. The van der Waals surface area contributed by atoms with Gasteiger partial charge in [-0.25, -0.2) is 0 Å². The molecule has 2 aromatic carbocycles. The number of rotatable bonds is 2. The lowest BCUT2D eigenvalue weighted by Crippen LogP contribution is -2.12. The first-order valence-corrected chi connectivity index (χ1v) is 7.56. The van der Waals surface area contributed by atoms with E-state index in [-0.39, 0.29) is 5.91 Å². The van der Waals surface area contributed by atoms with E-state index < -0.39 is 0 Å². The van der Waals surface area contributed by atoms with E-state index in [4.69, 9.17) is 0 Å². The monoisotopic (exact) mass is 399 g/mol. The lowest BCUT2D eigenvalue weighted by atomic mass is 10.2. The second-order valence-corrected chi connectivity index (χ2v) is 6.33. The van der Waals surface area contributed by atoms with E-state index in [1.807, 2.05) is 31.2 Å². The van der Waals surface area contributed by atoms with Crippen LogP contribution in [-0.4, -0.2) is 5.91 Å². The van der Waals surface area contributed by atoms with Crippen molar-refractivity contribution in [3.05, 3.63) is 56.5 Å². The molecule has 2 aromatic rings. The first-order valence-electron chi connectivity index (χ1n) is 5.53. The van der Waals surface area contributed by atoms with Crippen LogP contribution in [0, 0.1) is 6.92 Å². The molecule has 0 saturated carbocycles. The fourth-order valence-electron chi connectivity index (χ4n) is 1.62. The summed E-state index contributed by atoms with van der Waals surface area (Å²) in [4.78, 5) is 12.8. The third-order valence-corrected chi connectivity index (χ3v) is 4.37. The molecule has 5 heteroatoms. The predicted molar refractivity (Wildman–Crippen MR) is 88.2 cm³/mol. The lowest BCUT2D eigenvalue weighted by Gasteiger charge is -2.09. The molecule has 2 rings (SSSR count). The van der Waals surface area contributed by atoms with Gasteiger partial charge in [0.25, 0.3) is 5.91 Å². The molecule has 1 N–H and O–H groups in total. The minimum atomic E-state index is -0.167. The molecule has 0 spiro atoms. The Morgan fingerprint density at radius 2 is 1.89 bits per heavy atom. The van der Waals surface area contributed by atoms with Gasteiger partial charge < -0.3 is 5.32 Å². The molecule has 0 fully saturated rings. The smallest absolute Gasteiger partial charge is 0.256 e. The molecule has 98 valence electrons. The van der Waals surface area contributed by atoms with Crippen molar-refractivity contribution in [1.82, 2.24) is 0 Å². The maximum Gasteiger partial charge on any atom is 0.256 e. The fraction of sp³-hybridized carbons (Fsp3) is 0.0714. The number of anilines is 1. The molecule has 0 aliphatic heterocycles. The van der Waals surface area contributed by atoms with Gasteiger partial charge in [0.05, 0.1) is 5.56 Å². The quantitative estimate of drug-likeness (QED) is 0.677. The normalized spacial score (nSPS) is 10.3. The molecule has 0 unspecified atom stereocenters. The zero-order chi connectivity index (χ0) is 14.0. The summed E-state index contributed by atoms with van der Waals surface area (Å²) in [5.41, 5.74) is 2.38. The van der Waals surface area contributed by atoms with E-state index in [0.717, 1.165) is 20.2 Å². The second kappa shape index (κ2) is 6.11. The van der Waals surface area contributed by atoms with Crippen LogP contribution in [0.2, 0.25) is 0 Å². The van der Waals surface area contributed by atoms with Crippen LogP contribution < -0.4 is 5.32 Å². The van der Waals surface area contributed by atoms with Gasteiger partial charge >= 0.3 is 0 Å². The molecule has 0 radical (unpaired) electrons. The Hall–Kier alpha value is -0.780. The molecular formula is C14H11Br2NOS. The van der Waals surface area contributed by atoms with E-state index in [1.54, 1.807) is 12.1 Å². The van der Waals surface area contributed by atoms with Crippen molar-refractivity contribution in [3.63, 3.8) is 0 Å². The number of aryl methyl sites for hydroxylation is 1. The number of thiol groups is 1. The third kappa shape index (κ3) is 3.61. The molecule has 0 heterocycles. The SMILES string of the molecule is Cc1cc(NC(=O)c2ccc(Br)cc2S)ccc1Br. The summed E-state index contributed by atoms with van der Waals surface area (Å²) in [6.45, 7) is 1.98. The van der Waals surface area contributed by atoms with E-state index in [0.29, 0.717) is 10.5 Å². The Morgan fingerprint density at radius 3 is 2.53 bits per heavy atom. The Balaban J connectivity index is 2.23. The van der Waals surface area contributed by atoms with Gasteiger partial charge in [0.1, 0.15) is 0 Å². The van der Waals surface area contributed by atoms with Crippen LogP contribution in [-0.2, 0) is 0 Å². The predicted octanol–water partition coefficient (Wildman–Crippen LogP) is 5.06. The van der Waals surface area contributed by atoms with E-state index in [2.05, 4.69) is 49.8 Å². The van der Waals surface area contributed by atoms with Crippen molar-refractivity contribution in [1.29, 1.82) is 0 Å². The van der Waals surface area contributed by atoms with Crippen molar-refractivity contribution < 1.29 is 4.79 Å². The molecule has 0 saturated heterocycles. The van der Waals surface area contributed by atoms with Gasteiger partial charge in [0, 0.05) is 19.5 Å². The zero-order valence-corrected chi connectivity index (χ0v) is 14.1. The van der Waals surface area contributed by atoms with Crippen LogP contribution in [0.4, 0.5) is 5.69 Å². The van der Waals surface area contributed by atoms with Crippen LogP contribution in [0.3, 0.4) is 0 Å². The number of hydrogen-bond donors (Lipinski definition) is 2. The highest BCUT2D eigenvalue weighted by Crippen LogP contribution is 2.23. The topological polar surface area (TPSA) is 29.1 Å². The minimum Gasteiger partial charge on any atom is -0.322 e.